The number of aromatic nitrogens is 1. The van der Waals surface area contributed by atoms with Crippen molar-refractivity contribution < 1.29 is 23.7 Å². The molecule has 0 bridgehead atoms. The van der Waals surface area contributed by atoms with E-state index in [0.717, 1.165) is 5.56 Å². The lowest BCUT2D eigenvalue weighted by Gasteiger charge is -2.32. The van der Waals surface area contributed by atoms with E-state index in [4.69, 9.17) is 14.2 Å². The first-order chi connectivity index (χ1) is 11.5. The van der Waals surface area contributed by atoms with Crippen LogP contribution in [0.2, 0.25) is 0 Å². The molecule has 136 valence electrons. The highest BCUT2D eigenvalue weighted by molar-refractivity contribution is 7.58. The highest BCUT2D eigenvalue weighted by Crippen LogP contribution is 2.48. The summed E-state index contributed by atoms with van der Waals surface area (Å²) in [5.41, 5.74) is 0.745. The van der Waals surface area contributed by atoms with Crippen molar-refractivity contribution in [3.63, 3.8) is 0 Å². The van der Waals surface area contributed by atoms with Crippen LogP contribution in [0.5, 0.6) is 0 Å². The Morgan fingerprint density at radius 3 is 2.58 bits per heavy atom. The molecule has 0 radical (unpaired) electrons. The normalized spacial score (nSPS) is 24.0. The van der Waals surface area contributed by atoms with Gasteiger partial charge in [0, 0.05) is 32.0 Å². The minimum atomic E-state index is -3.66. The van der Waals surface area contributed by atoms with Crippen LogP contribution in [0.1, 0.15) is 25.5 Å². The number of hydrogen-bond donors (Lipinski definition) is 3. The predicted octanol–water partition coefficient (Wildman–Crippen LogP) is 1.03. The number of nitrogens with one attached hydrogen (secondary N) is 2. The van der Waals surface area contributed by atoms with Crippen molar-refractivity contribution in [3.05, 3.63) is 34.2 Å². The average molecular weight is 360 g/mol. The van der Waals surface area contributed by atoms with Crippen LogP contribution < -0.4 is 10.9 Å². The van der Waals surface area contributed by atoms with Gasteiger partial charge in [-0.1, -0.05) is 6.07 Å². The predicted molar refractivity (Wildman–Crippen MR) is 89.3 cm³/mol. The van der Waals surface area contributed by atoms with E-state index < -0.39 is 19.5 Å². The zero-order chi connectivity index (χ0) is 17.6. The lowest BCUT2D eigenvalue weighted by molar-refractivity contribution is -0.0884. The molecule has 8 nitrogen and oxygen atoms in total. The van der Waals surface area contributed by atoms with Crippen molar-refractivity contribution in [2.75, 3.05) is 32.5 Å². The van der Waals surface area contributed by atoms with Crippen molar-refractivity contribution in [1.29, 1.82) is 0 Å². The number of ether oxygens (including phenoxy) is 3. The third-order valence-electron chi connectivity index (χ3n) is 3.71. The molecule has 0 amide bonds. The minimum Gasteiger partial charge on any atom is -0.374 e. The Bertz CT molecular complexity index is 588. The summed E-state index contributed by atoms with van der Waals surface area (Å²) in [7, 11) is -3.66. The van der Waals surface area contributed by atoms with Crippen LogP contribution in [0.3, 0.4) is 0 Å². The molecule has 1 aromatic heterocycles. The summed E-state index contributed by atoms with van der Waals surface area (Å²) < 4.78 is 28.7. The van der Waals surface area contributed by atoms with E-state index in [1.54, 1.807) is 26.1 Å². The fourth-order valence-corrected chi connectivity index (χ4v) is 4.29. The zero-order valence-corrected chi connectivity index (χ0v) is 14.8. The molecule has 1 aromatic rings. The van der Waals surface area contributed by atoms with E-state index in [-0.39, 0.29) is 17.8 Å². The minimum absolute atomic E-state index is 0.0387. The summed E-state index contributed by atoms with van der Waals surface area (Å²) >= 11 is 0. The molecule has 1 aliphatic rings. The summed E-state index contributed by atoms with van der Waals surface area (Å²) in [5, 5.41) is 3.27. The maximum Gasteiger partial charge on any atom is 0.257 e. The van der Waals surface area contributed by atoms with E-state index in [9.17, 15) is 14.3 Å². The van der Waals surface area contributed by atoms with Crippen LogP contribution >= 0.6 is 7.37 Å². The average Bonchev–Trinajstić information content (AvgIpc) is 2.56. The van der Waals surface area contributed by atoms with Crippen LogP contribution in [0.25, 0.3) is 0 Å². The molecule has 0 saturated carbocycles. The molecule has 3 atom stereocenters. The number of pyridine rings is 1. The highest BCUT2D eigenvalue weighted by atomic mass is 31.2. The topological polar surface area (TPSA) is 110 Å². The molecule has 1 aliphatic heterocycles. The smallest absolute Gasteiger partial charge is 0.257 e. The SMILES string of the molecule is CCOC(OCC)P(=O)(O)C[C@H]1CN[C@@H](c2ccc(=O)[nH]c2)CO1. The molecule has 9 heteroatoms. The third kappa shape index (κ3) is 5.24. The lowest BCUT2D eigenvalue weighted by Crippen LogP contribution is -2.43. The van der Waals surface area contributed by atoms with Gasteiger partial charge in [-0.2, -0.15) is 0 Å². The third-order valence-corrected chi connectivity index (χ3v) is 5.60. The summed E-state index contributed by atoms with van der Waals surface area (Å²) in [6, 6.07) is 2.01. The standard InChI is InChI=1S/C15H25N2O6P/c1-3-21-15(22-4-2)24(19,20)10-12-8-16-13(9-23-12)11-5-6-14(18)17-7-11/h5-7,12-13,15-16H,3-4,8-10H2,1-2H3,(H,17,18)(H,19,20)/t12-,13-/m1/s1. The van der Waals surface area contributed by atoms with E-state index >= 15 is 0 Å². The first-order valence-electron chi connectivity index (χ1n) is 8.04. The van der Waals surface area contributed by atoms with Gasteiger partial charge in [-0.05, 0) is 19.4 Å². The lowest BCUT2D eigenvalue weighted by atomic mass is 10.1. The van der Waals surface area contributed by atoms with E-state index in [1.807, 2.05) is 0 Å². The van der Waals surface area contributed by atoms with Crippen molar-refractivity contribution in [2.24, 2.45) is 0 Å². The van der Waals surface area contributed by atoms with Gasteiger partial charge in [0.25, 0.3) is 7.37 Å². The molecule has 1 unspecified atom stereocenters. The zero-order valence-electron chi connectivity index (χ0n) is 13.9. The van der Waals surface area contributed by atoms with Crippen molar-refractivity contribution in [1.82, 2.24) is 10.3 Å². The fourth-order valence-electron chi connectivity index (χ4n) is 2.54. The molecule has 1 fully saturated rings. The van der Waals surface area contributed by atoms with Crippen molar-refractivity contribution >= 4 is 7.37 Å². The summed E-state index contributed by atoms with van der Waals surface area (Å²) in [4.78, 5) is 24.0. The Morgan fingerprint density at radius 1 is 1.38 bits per heavy atom. The monoisotopic (exact) mass is 360 g/mol. The molecule has 1 saturated heterocycles. The Balaban J connectivity index is 1.90. The summed E-state index contributed by atoms with van der Waals surface area (Å²) in [6.07, 6.45) is 1.20. The maximum absolute atomic E-state index is 12.5. The largest absolute Gasteiger partial charge is 0.374 e. The fraction of sp³-hybridized carbons (Fsp3) is 0.667. The molecule has 2 heterocycles. The van der Waals surface area contributed by atoms with Gasteiger partial charge in [0.15, 0.2) is 0 Å². The molecule has 0 aliphatic carbocycles. The summed E-state index contributed by atoms with van der Waals surface area (Å²) in [6.45, 7) is 4.88. The van der Waals surface area contributed by atoms with Crippen molar-refractivity contribution in [2.45, 2.75) is 32.0 Å². The Morgan fingerprint density at radius 2 is 2.08 bits per heavy atom. The van der Waals surface area contributed by atoms with Gasteiger partial charge in [0.1, 0.15) is 0 Å². The van der Waals surface area contributed by atoms with E-state index in [2.05, 4.69) is 10.3 Å². The first-order valence-corrected chi connectivity index (χ1v) is 9.96. The van der Waals surface area contributed by atoms with Crippen LogP contribution in [0.15, 0.2) is 23.1 Å². The van der Waals surface area contributed by atoms with Crippen LogP contribution in [-0.4, -0.2) is 54.5 Å². The quantitative estimate of drug-likeness (QED) is 0.469. The molecule has 0 spiro atoms. The second kappa shape index (κ2) is 8.89. The highest BCUT2D eigenvalue weighted by Gasteiger charge is 2.37. The molecule has 3 N–H and O–H groups in total. The van der Waals surface area contributed by atoms with Gasteiger partial charge in [0.2, 0.25) is 11.6 Å². The maximum atomic E-state index is 12.5. The Kier molecular flexibility index (Phi) is 7.16. The Hall–Kier alpha value is -1.02. The number of hydrogen-bond acceptors (Lipinski definition) is 6. The molecule has 24 heavy (non-hydrogen) atoms. The summed E-state index contributed by atoms with van der Waals surface area (Å²) in [5.74, 6) is 0. The van der Waals surface area contributed by atoms with Crippen molar-refractivity contribution in [3.8, 4) is 0 Å². The molecular weight excluding hydrogens is 335 g/mol. The van der Waals surface area contributed by atoms with Crippen LogP contribution in [-0.2, 0) is 18.8 Å². The number of morpholine rings is 1. The van der Waals surface area contributed by atoms with Gasteiger partial charge in [-0.15, -0.1) is 0 Å². The second-order valence-corrected chi connectivity index (χ2v) is 7.86. The van der Waals surface area contributed by atoms with Crippen LogP contribution in [0.4, 0.5) is 0 Å². The van der Waals surface area contributed by atoms with Gasteiger partial charge in [-0.3, -0.25) is 9.36 Å². The number of H-pyrrole nitrogens is 1. The first kappa shape index (κ1) is 19.3. The molecule has 0 aromatic carbocycles. The second-order valence-electron chi connectivity index (χ2n) is 5.56. The molecule has 2 rings (SSSR count). The van der Waals surface area contributed by atoms with Gasteiger partial charge in [-0.25, -0.2) is 0 Å². The Labute approximate surface area is 141 Å². The number of aromatic amines is 1. The van der Waals surface area contributed by atoms with Gasteiger partial charge >= 0.3 is 0 Å². The van der Waals surface area contributed by atoms with Gasteiger partial charge < -0.3 is 29.4 Å². The van der Waals surface area contributed by atoms with E-state index in [1.165, 1.54) is 6.07 Å². The van der Waals surface area contributed by atoms with Gasteiger partial charge in [0.05, 0.1) is 24.9 Å². The van der Waals surface area contributed by atoms with Crippen LogP contribution in [0, 0.1) is 0 Å². The number of rotatable bonds is 8. The molecular formula is C15H25N2O6P. The van der Waals surface area contributed by atoms with E-state index in [0.29, 0.717) is 26.4 Å².